The van der Waals surface area contributed by atoms with Crippen molar-refractivity contribution in [1.82, 2.24) is 4.90 Å². The number of likely N-dealkylation sites (tertiary alicyclic amines) is 1. The Balaban J connectivity index is 2.20. The fourth-order valence-electron chi connectivity index (χ4n) is 3.17. The molecule has 1 aromatic carbocycles. The first kappa shape index (κ1) is 15.3. The lowest BCUT2D eigenvalue weighted by molar-refractivity contribution is 0.0763. The molecule has 0 unspecified atom stereocenters. The van der Waals surface area contributed by atoms with Crippen molar-refractivity contribution in [3.63, 3.8) is 0 Å². The van der Waals surface area contributed by atoms with Crippen LogP contribution >= 0.6 is 0 Å². The van der Waals surface area contributed by atoms with E-state index in [2.05, 4.69) is 43.9 Å². The zero-order chi connectivity index (χ0) is 14.8. The van der Waals surface area contributed by atoms with Crippen LogP contribution in [0.3, 0.4) is 0 Å². The lowest BCUT2D eigenvalue weighted by Gasteiger charge is -2.46. The van der Waals surface area contributed by atoms with E-state index in [1.54, 1.807) is 7.11 Å². The van der Waals surface area contributed by atoms with Crippen LogP contribution in [0.15, 0.2) is 24.3 Å². The highest BCUT2D eigenvalue weighted by Gasteiger charge is 2.37. The van der Waals surface area contributed by atoms with Gasteiger partial charge in [0.15, 0.2) is 0 Å². The number of methoxy groups -OCH3 is 1. The molecule has 0 aliphatic carbocycles. The summed E-state index contributed by atoms with van der Waals surface area (Å²) in [5, 5.41) is 0. The number of hydrogen-bond donors (Lipinski definition) is 1. The van der Waals surface area contributed by atoms with Gasteiger partial charge in [-0.15, -0.1) is 0 Å². The van der Waals surface area contributed by atoms with Gasteiger partial charge in [0.25, 0.3) is 0 Å². The Morgan fingerprint density at radius 1 is 1.25 bits per heavy atom. The fraction of sp³-hybridized carbons (Fsp3) is 0.647. The van der Waals surface area contributed by atoms with Crippen molar-refractivity contribution in [2.45, 2.75) is 44.6 Å². The van der Waals surface area contributed by atoms with Gasteiger partial charge in [0, 0.05) is 17.5 Å². The Kier molecular flexibility index (Phi) is 4.40. The van der Waals surface area contributed by atoms with E-state index in [0.717, 1.165) is 31.7 Å². The summed E-state index contributed by atoms with van der Waals surface area (Å²) in [5.74, 6) is 0.925. The summed E-state index contributed by atoms with van der Waals surface area (Å²) in [5.41, 5.74) is 7.84. The predicted octanol–water partition coefficient (Wildman–Crippen LogP) is 2.79. The molecule has 112 valence electrons. The molecule has 0 spiro atoms. The van der Waals surface area contributed by atoms with Crippen molar-refractivity contribution < 1.29 is 4.74 Å². The Morgan fingerprint density at radius 2 is 1.90 bits per heavy atom. The van der Waals surface area contributed by atoms with Crippen molar-refractivity contribution in [2.75, 3.05) is 26.7 Å². The monoisotopic (exact) mass is 276 g/mol. The number of nitrogens with two attached hydrogens (primary N) is 1. The summed E-state index contributed by atoms with van der Waals surface area (Å²) in [4.78, 5) is 2.56. The summed E-state index contributed by atoms with van der Waals surface area (Å²) in [6, 6.07) is 8.42. The third-order valence-corrected chi connectivity index (χ3v) is 4.74. The molecule has 3 heteroatoms. The highest BCUT2D eigenvalue weighted by Crippen LogP contribution is 2.37. The number of ether oxygens (including phenoxy) is 1. The van der Waals surface area contributed by atoms with E-state index in [0.29, 0.717) is 6.54 Å². The molecule has 1 aliphatic rings. The van der Waals surface area contributed by atoms with E-state index in [4.69, 9.17) is 10.5 Å². The highest BCUT2D eigenvalue weighted by atomic mass is 16.5. The standard InChI is InChI=1S/C17H28N2O/c1-16(2,3)19-10-8-17(13-18,9-11-19)14-6-5-7-15(12-14)20-4/h5-7,12H,8-11,13,18H2,1-4H3. The zero-order valence-corrected chi connectivity index (χ0v) is 13.3. The number of benzene rings is 1. The molecule has 1 aromatic rings. The summed E-state index contributed by atoms with van der Waals surface area (Å²) >= 11 is 0. The van der Waals surface area contributed by atoms with Gasteiger partial charge in [-0.05, 0) is 64.4 Å². The van der Waals surface area contributed by atoms with Crippen molar-refractivity contribution in [1.29, 1.82) is 0 Å². The van der Waals surface area contributed by atoms with E-state index < -0.39 is 0 Å². The van der Waals surface area contributed by atoms with Crippen LogP contribution in [-0.2, 0) is 5.41 Å². The minimum atomic E-state index is 0.107. The lowest BCUT2D eigenvalue weighted by atomic mass is 9.72. The molecule has 1 heterocycles. The second-order valence-corrected chi connectivity index (χ2v) is 6.87. The van der Waals surface area contributed by atoms with Gasteiger partial charge in [-0.25, -0.2) is 0 Å². The second-order valence-electron chi connectivity index (χ2n) is 6.87. The summed E-state index contributed by atoms with van der Waals surface area (Å²) in [6.07, 6.45) is 2.24. The van der Waals surface area contributed by atoms with Crippen LogP contribution in [0.25, 0.3) is 0 Å². The van der Waals surface area contributed by atoms with Crippen LogP contribution < -0.4 is 10.5 Å². The van der Waals surface area contributed by atoms with Gasteiger partial charge in [-0.2, -0.15) is 0 Å². The van der Waals surface area contributed by atoms with Crippen LogP contribution in [0, 0.1) is 0 Å². The molecule has 1 aliphatic heterocycles. The predicted molar refractivity (Wildman–Crippen MR) is 84.3 cm³/mol. The van der Waals surface area contributed by atoms with Crippen molar-refractivity contribution in [2.24, 2.45) is 5.73 Å². The van der Waals surface area contributed by atoms with Crippen LogP contribution in [0.5, 0.6) is 5.75 Å². The fourth-order valence-corrected chi connectivity index (χ4v) is 3.17. The molecule has 20 heavy (non-hydrogen) atoms. The molecular formula is C17H28N2O. The van der Waals surface area contributed by atoms with E-state index in [9.17, 15) is 0 Å². The van der Waals surface area contributed by atoms with Crippen LogP contribution in [0.4, 0.5) is 0 Å². The molecule has 0 atom stereocenters. The molecule has 2 N–H and O–H groups in total. The van der Waals surface area contributed by atoms with E-state index in [1.807, 2.05) is 6.07 Å². The van der Waals surface area contributed by atoms with Gasteiger partial charge in [-0.3, -0.25) is 4.90 Å². The maximum atomic E-state index is 6.16. The van der Waals surface area contributed by atoms with E-state index in [-0.39, 0.29) is 11.0 Å². The summed E-state index contributed by atoms with van der Waals surface area (Å²) in [6.45, 7) is 9.78. The SMILES string of the molecule is COc1cccc(C2(CN)CCN(C(C)(C)C)CC2)c1. The summed E-state index contributed by atoms with van der Waals surface area (Å²) in [7, 11) is 1.72. The average molecular weight is 276 g/mol. The molecule has 1 fully saturated rings. The van der Waals surface area contributed by atoms with Crippen LogP contribution in [0.1, 0.15) is 39.2 Å². The van der Waals surface area contributed by atoms with Gasteiger partial charge in [0.05, 0.1) is 7.11 Å². The number of nitrogens with zero attached hydrogens (tertiary/aromatic N) is 1. The summed E-state index contributed by atoms with van der Waals surface area (Å²) < 4.78 is 5.36. The number of hydrogen-bond acceptors (Lipinski definition) is 3. The van der Waals surface area contributed by atoms with Gasteiger partial charge in [0.2, 0.25) is 0 Å². The van der Waals surface area contributed by atoms with Gasteiger partial charge < -0.3 is 10.5 Å². The Labute approximate surface area is 123 Å². The zero-order valence-electron chi connectivity index (χ0n) is 13.3. The molecule has 1 saturated heterocycles. The number of piperidine rings is 1. The molecule has 0 bridgehead atoms. The largest absolute Gasteiger partial charge is 0.497 e. The molecule has 3 nitrogen and oxygen atoms in total. The molecule has 0 amide bonds. The average Bonchev–Trinajstić information content (AvgIpc) is 2.46. The minimum Gasteiger partial charge on any atom is -0.497 e. The first-order valence-corrected chi connectivity index (χ1v) is 7.51. The van der Waals surface area contributed by atoms with Gasteiger partial charge >= 0.3 is 0 Å². The van der Waals surface area contributed by atoms with Crippen molar-refractivity contribution in [3.05, 3.63) is 29.8 Å². The Hall–Kier alpha value is -1.06. The highest BCUT2D eigenvalue weighted by molar-refractivity contribution is 5.35. The number of rotatable bonds is 3. The molecular weight excluding hydrogens is 248 g/mol. The third kappa shape index (κ3) is 2.99. The Bertz CT molecular complexity index is 443. The maximum Gasteiger partial charge on any atom is 0.119 e. The molecule has 0 saturated carbocycles. The first-order chi connectivity index (χ1) is 9.41. The minimum absolute atomic E-state index is 0.107. The first-order valence-electron chi connectivity index (χ1n) is 7.51. The Morgan fingerprint density at radius 3 is 2.40 bits per heavy atom. The lowest BCUT2D eigenvalue weighted by Crippen LogP contribution is -2.52. The van der Waals surface area contributed by atoms with Crippen molar-refractivity contribution >= 4 is 0 Å². The van der Waals surface area contributed by atoms with E-state index in [1.165, 1.54) is 5.56 Å². The smallest absolute Gasteiger partial charge is 0.119 e. The van der Waals surface area contributed by atoms with Crippen LogP contribution in [-0.4, -0.2) is 37.2 Å². The van der Waals surface area contributed by atoms with E-state index >= 15 is 0 Å². The maximum absolute atomic E-state index is 6.16. The third-order valence-electron chi connectivity index (χ3n) is 4.74. The quantitative estimate of drug-likeness (QED) is 0.922. The second kappa shape index (κ2) is 5.74. The molecule has 0 radical (unpaired) electrons. The molecule has 0 aromatic heterocycles. The van der Waals surface area contributed by atoms with Crippen LogP contribution in [0.2, 0.25) is 0 Å². The van der Waals surface area contributed by atoms with Gasteiger partial charge in [0.1, 0.15) is 5.75 Å². The molecule has 2 rings (SSSR count). The van der Waals surface area contributed by atoms with Gasteiger partial charge in [-0.1, -0.05) is 12.1 Å². The normalized spacial score (nSPS) is 19.9. The van der Waals surface area contributed by atoms with Crippen molar-refractivity contribution in [3.8, 4) is 5.75 Å². The topological polar surface area (TPSA) is 38.5 Å².